The van der Waals surface area contributed by atoms with Crippen LogP contribution in [0, 0.1) is 0 Å². The molecule has 0 amide bonds. The summed E-state index contributed by atoms with van der Waals surface area (Å²) in [7, 11) is 0. The predicted molar refractivity (Wildman–Crippen MR) is 57.0 cm³/mol. The Balaban J connectivity index is 0.000000605. The fraction of sp³-hybridized carbons (Fsp3) is 0.125. The van der Waals surface area contributed by atoms with Gasteiger partial charge in [-0.05, 0) is 12.2 Å². The molecule has 0 radical (unpaired) electrons. The Hall–Kier alpha value is -0.580. The number of allylic oxidation sites excluding steroid dienone is 5. The normalized spacial score (nSPS) is 18.9. The van der Waals surface area contributed by atoms with Gasteiger partial charge in [-0.15, -0.1) is 24.0 Å². The van der Waals surface area contributed by atoms with Gasteiger partial charge < -0.3 is 4.90 Å². The van der Waals surface area contributed by atoms with Crippen LogP contribution in [0.5, 0.6) is 0 Å². The molecule has 0 saturated heterocycles. The van der Waals surface area contributed by atoms with E-state index in [1.165, 1.54) is 5.70 Å². The Bertz CT molecular complexity index is 251. The lowest BCUT2D eigenvalue weighted by Crippen LogP contribution is -2.09. The van der Waals surface area contributed by atoms with E-state index in [0.717, 1.165) is 6.67 Å². The Labute approximate surface area is 83.0 Å². The molecule has 0 saturated carbocycles. The van der Waals surface area contributed by atoms with Crippen LogP contribution in [0.3, 0.4) is 0 Å². The molecule has 0 bridgehead atoms. The highest BCUT2D eigenvalue weighted by Crippen LogP contribution is 2.11. The molecule has 0 spiro atoms. The molecule has 11 heavy (non-hydrogen) atoms. The van der Waals surface area contributed by atoms with E-state index >= 15 is 0 Å². The van der Waals surface area contributed by atoms with Gasteiger partial charge in [0, 0.05) is 12.4 Å². The summed E-state index contributed by atoms with van der Waals surface area (Å²) in [6.07, 6.45) is 12.0. The molecule has 58 valence electrons. The molecule has 2 rings (SSSR count). The molecule has 2 heterocycles. The van der Waals surface area contributed by atoms with Gasteiger partial charge >= 0.3 is 0 Å². The van der Waals surface area contributed by atoms with Gasteiger partial charge in [-0.3, -0.25) is 4.99 Å². The smallest absolute Gasteiger partial charge is 0.114 e. The molecule has 2 aliphatic rings. The van der Waals surface area contributed by atoms with E-state index in [9.17, 15) is 0 Å². The summed E-state index contributed by atoms with van der Waals surface area (Å²) in [6.45, 7) is 0.768. The first-order chi connectivity index (χ1) is 4.97. The van der Waals surface area contributed by atoms with Crippen LogP contribution in [-0.4, -0.2) is 17.8 Å². The summed E-state index contributed by atoms with van der Waals surface area (Å²) in [5, 5.41) is 0. The van der Waals surface area contributed by atoms with Crippen molar-refractivity contribution in [1.82, 2.24) is 4.90 Å². The highest BCUT2D eigenvalue weighted by atomic mass is 127. The maximum Gasteiger partial charge on any atom is 0.114 e. The van der Waals surface area contributed by atoms with Gasteiger partial charge in [-0.2, -0.15) is 0 Å². The third-order valence-corrected chi connectivity index (χ3v) is 1.54. The van der Waals surface area contributed by atoms with Gasteiger partial charge in [0.05, 0.1) is 5.70 Å². The Kier molecular flexibility index (Phi) is 2.87. The van der Waals surface area contributed by atoms with Crippen LogP contribution in [0.15, 0.2) is 41.2 Å². The molecular formula is C8H9IN2. The van der Waals surface area contributed by atoms with E-state index in [0.29, 0.717) is 0 Å². The molecule has 0 aromatic heterocycles. The van der Waals surface area contributed by atoms with Crippen LogP contribution in [-0.2, 0) is 0 Å². The van der Waals surface area contributed by atoms with Crippen molar-refractivity contribution in [2.45, 2.75) is 0 Å². The molecule has 2 aliphatic heterocycles. The lowest BCUT2D eigenvalue weighted by atomic mass is 10.4. The monoisotopic (exact) mass is 260 g/mol. The van der Waals surface area contributed by atoms with Crippen molar-refractivity contribution >= 4 is 30.2 Å². The summed E-state index contributed by atoms with van der Waals surface area (Å²) in [4.78, 5) is 6.21. The number of hydrogen-bond donors (Lipinski definition) is 0. The highest BCUT2D eigenvalue weighted by Gasteiger charge is 2.08. The van der Waals surface area contributed by atoms with Gasteiger partial charge in [-0.25, -0.2) is 0 Å². The van der Waals surface area contributed by atoms with Crippen molar-refractivity contribution in [2.24, 2.45) is 4.99 Å². The minimum absolute atomic E-state index is 0. The molecule has 0 aromatic rings. The first-order valence-electron chi connectivity index (χ1n) is 3.28. The van der Waals surface area contributed by atoms with Gasteiger partial charge in [-0.1, -0.05) is 12.2 Å². The zero-order chi connectivity index (χ0) is 6.81. The van der Waals surface area contributed by atoms with Crippen molar-refractivity contribution < 1.29 is 0 Å². The predicted octanol–water partition coefficient (Wildman–Crippen LogP) is 1.92. The third-order valence-electron chi connectivity index (χ3n) is 1.54. The summed E-state index contributed by atoms with van der Waals surface area (Å²) in [6, 6.07) is 0. The van der Waals surface area contributed by atoms with Crippen LogP contribution in [0.1, 0.15) is 0 Å². The average Bonchev–Trinajstić information content (AvgIpc) is 2.28. The second-order valence-corrected chi connectivity index (χ2v) is 2.24. The summed E-state index contributed by atoms with van der Waals surface area (Å²) in [5.41, 5.74) is 1.17. The lowest BCUT2D eigenvalue weighted by molar-refractivity contribution is 0.531. The number of halogens is 1. The Morgan fingerprint density at radius 2 is 2.18 bits per heavy atom. The summed E-state index contributed by atoms with van der Waals surface area (Å²) in [5.74, 6) is 0. The van der Waals surface area contributed by atoms with E-state index in [-0.39, 0.29) is 24.0 Å². The second-order valence-electron chi connectivity index (χ2n) is 2.24. The van der Waals surface area contributed by atoms with Crippen molar-refractivity contribution in [3.63, 3.8) is 0 Å². The first-order valence-corrected chi connectivity index (χ1v) is 3.28. The maximum atomic E-state index is 4.12. The van der Waals surface area contributed by atoms with Gasteiger partial charge in [0.15, 0.2) is 0 Å². The fourth-order valence-electron chi connectivity index (χ4n) is 1.02. The topological polar surface area (TPSA) is 15.6 Å². The van der Waals surface area contributed by atoms with Crippen molar-refractivity contribution in [1.29, 1.82) is 0 Å². The number of fused-ring (bicyclic) bond motifs is 1. The number of aliphatic imine (C=N–C) groups is 1. The summed E-state index contributed by atoms with van der Waals surface area (Å²) >= 11 is 0. The molecular weight excluding hydrogens is 251 g/mol. The quantitative estimate of drug-likeness (QED) is 0.607. The number of nitrogens with zero attached hydrogens (tertiary/aromatic N) is 2. The van der Waals surface area contributed by atoms with E-state index in [1.54, 1.807) is 0 Å². The molecule has 2 nitrogen and oxygen atoms in total. The molecule has 3 heteroatoms. The SMILES string of the molecule is C1=CC=C2C=NCN2C=C1.I. The first kappa shape index (κ1) is 8.52. The van der Waals surface area contributed by atoms with E-state index in [4.69, 9.17) is 0 Å². The van der Waals surface area contributed by atoms with Gasteiger partial charge in [0.2, 0.25) is 0 Å². The van der Waals surface area contributed by atoms with Crippen LogP contribution < -0.4 is 0 Å². The molecule has 0 unspecified atom stereocenters. The third kappa shape index (κ3) is 1.71. The van der Waals surface area contributed by atoms with E-state index in [2.05, 4.69) is 16.0 Å². The largest absolute Gasteiger partial charge is 0.327 e. The van der Waals surface area contributed by atoms with Crippen molar-refractivity contribution in [3.05, 3.63) is 36.2 Å². The molecule has 0 aromatic carbocycles. The zero-order valence-electron chi connectivity index (χ0n) is 5.97. The average molecular weight is 260 g/mol. The molecule has 0 N–H and O–H groups in total. The number of rotatable bonds is 0. The van der Waals surface area contributed by atoms with Crippen LogP contribution in [0.2, 0.25) is 0 Å². The molecule has 0 atom stereocenters. The highest BCUT2D eigenvalue weighted by molar-refractivity contribution is 14.0. The fourth-order valence-corrected chi connectivity index (χ4v) is 1.02. The minimum atomic E-state index is 0. The van der Waals surface area contributed by atoms with E-state index in [1.807, 2.05) is 30.6 Å². The van der Waals surface area contributed by atoms with Crippen LogP contribution >= 0.6 is 24.0 Å². The van der Waals surface area contributed by atoms with Crippen LogP contribution in [0.4, 0.5) is 0 Å². The van der Waals surface area contributed by atoms with E-state index < -0.39 is 0 Å². The van der Waals surface area contributed by atoms with Gasteiger partial charge in [0.1, 0.15) is 6.67 Å². The lowest BCUT2D eigenvalue weighted by Gasteiger charge is -2.09. The molecule has 0 aliphatic carbocycles. The standard InChI is InChI=1S/C8H8N2.HI/c1-2-4-8-6-9-7-10(8)5-3-1;/h1-6H,7H2;1H. The molecule has 0 fully saturated rings. The van der Waals surface area contributed by atoms with Gasteiger partial charge in [0.25, 0.3) is 0 Å². The Morgan fingerprint density at radius 3 is 3.09 bits per heavy atom. The van der Waals surface area contributed by atoms with Crippen molar-refractivity contribution in [3.8, 4) is 0 Å². The van der Waals surface area contributed by atoms with Crippen molar-refractivity contribution in [2.75, 3.05) is 6.67 Å². The maximum absolute atomic E-state index is 4.12. The Morgan fingerprint density at radius 1 is 1.27 bits per heavy atom. The zero-order valence-corrected chi connectivity index (χ0v) is 8.30. The van der Waals surface area contributed by atoms with Crippen LogP contribution in [0.25, 0.3) is 0 Å². The minimum Gasteiger partial charge on any atom is -0.327 e. The number of hydrogen-bond acceptors (Lipinski definition) is 2. The summed E-state index contributed by atoms with van der Waals surface area (Å²) < 4.78 is 0. The second kappa shape index (κ2) is 3.71.